The van der Waals surface area contributed by atoms with Crippen molar-refractivity contribution in [3.05, 3.63) is 65.2 Å². The number of hydrogen-bond acceptors (Lipinski definition) is 3. The molecule has 2 rings (SSSR count). The summed E-state index contributed by atoms with van der Waals surface area (Å²) < 4.78 is 0. The average molecular weight is 341 g/mol. The van der Waals surface area contributed by atoms with Gasteiger partial charge in [-0.25, -0.2) is 4.79 Å². The number of carbonyl (C=O) groups is 3. The summed E-state index contributed by atoms with van der Waals surface area (Å²) in [5.74, 6) is -1.84. The number of nitrogens with two attached hydrogens (primary N) is 1. The first-order valence-corrected chi connectivity index (χ1v) is 7.61. The van der Waals surface area contributed by atoms with E-state index in [9.17, 15) is 14.4 Å². The van der Waals surface area contributed by atoms with Gasteiger partial charge in [0.1, 0.15) is 0 Å². The molecule has 0 fully saturated rings. The van der Waals surface area contributed by atoms with Crippen LogP contribution in [-0.2, 0) is 4.79 Å². The fourth-order valence-electron chi connectivity index (χ4n) is 2.43. The van der Waals surface area contributed by atoms with Gasteiger partial charge in [0, 0.05) is 6.54 Å². The van der Waals surface area contributed by atoms with Crippen LogP contribution in [0.15, 0.2) is 48.5 Å². The van der Waals surface area contributed by atoms with Gasteiger partial charge in [0.15, 0.2) is 0 Å². The summed E-state index contributed by atoms with van der Waals surface area (Å²) in [6, 6.07) is 13.7. The number of benzene rings is 2. The van der Waals surface area contributed by atoms with E-state index in [0.29, 0.717) is 11.3 Å². The van der Waals surface area contributed by atoms with E-state index < -0.39 is 23.8 Å². The predicted octanol–water partition coefficient (Wildman–Crippen LogP) is 2.08. The summed E-state index contributed by atoms with van der Waals surface area (Å²) in [4.78, 5) is 35.1. The highest BCUT2D eigenvalue weighted by molar-refractivity contribution is 6.04. The van der Waals surface area contributed by atoms with Crippen LogP contribution in [0, 0.1) is 6.92 Å². The summed E-state index contributed by atoms with van der Waals surface area (Å²) in [7, 11) is 0. The van der Waals surface area contributed by atoms with Gasteiger partial charge in [-0.2, -0.15) is 0 Å². The second-order valence-corrected chi connectivity index (χ2v) is 5.55. The maximum Gasteiger partial charge on any atom is 0.404 e. The largest absolute Gasteiger partial charge is 0.465 e. The minimum atomic E-state index is -1.22. The molecule has 7 nitrogen and oxygen atoms in total. The van der Waals surface area contributed by atoms with Crippen LogP contribution >= 0.6 is 0 Å². The van der Waals surface area contributed by atoms with Gasteiger partial charge in [-0.1, -0.05) is 42.0 Å². The van der Waals surface area contributed by atoms with Crippen LogP contribution in [0.5, 0.6) is 0 Å². The molecule has 0 saturated carbocycles. The molecule has 5 N–H and O–H groups in total. The first-order valence-electron chi connectivity index (χ1n) is 7.61. The van der Waals surface area contributed by atoms with E-state index in [1.54, 1.807) is 48.5 Å². The molecule has 2 aromatic carbocycles. The summed E-state index contributed by atoms with van der Waals surface area (Å²) in [5.41, 5.74) is 7.34. The van der Waals surface area contributed by atoms with Gasteiger partial charge in [-0.05, 0) is 24.6 Å². The zero-order valence-electron chi connectivity index (χ0n) is 13.7. The van der Waals surface area contributed by atoms with Crippen molar-refractivity contribution in [3.8, 4) is 0 Å². The third-order valence-corrected chi connectivity index (χ3v) is 3.67. The van der Waals surface area contributed by atoms with E-state index in [4.69, 9.17) is 10.8 Å². The van der Waals surface area contributed by atoms with Crippen LogP contribution in [-0.4, -0.2) is 29.6 Å². The molecule has 0 radical (unpaired) electrons. The molecule has 25 heavy (non-hydrogen) atoms. The summed E-state index contributed by atoms with van der Waals surface area (Å²) in [5, 5.41) is 13.7. The maximum absolute atomic E-state index is 12.7. The van der Waals surface area contributed by atoms with Crippen molar-refractivity contribution in [1.29, 1.82) is 0 Å². The SMILES string of the molecule is Cc1ccc(NC(=O)C(CNC(=O)O)c2ccccc2)c(C(N)=O)c1. The Kier molecular flexibility index (Phi) is 5.73. The Hall–Kier alpha value is -3.35. The summed E-state index contributed by atoms with van der Waals surface area (Å²) >= 11 is 0. The van der Waals surface area contributed by atoms with Crippen LogP contribution in [0.1, 0.15) is 27.4 Å². The maximum atomic E-state index is 12.7. The van der Waals surface area contributed by atoms with Crippen molar-refractivity contribution in [1.82, 2.24) is 5.32 Å². The average Bonchev–Trinajstić information content (AvgIpc) is 2.57. The Labute approximate surface area is 144 Å². The predicted molar refractivity (Wildman–Crippen MR) is 93.5 cm³/mol. The fourth-order valence-corrected chi connectivity index (χ4v) is 2.43. The van der Waals surface area contributed by atoms with Crippen LogP contribution in [0.4, 0.5) is 10.5 Å². The molecule has 0 bridgehead atoms. The Morgan fingerprint density at radius 1 is 1.12 bits per heavy atom. The molecule has 0 spiro atoms. The zero-order chi connectivity index (χ0) is 18.4. The lowest BCUT2D eigenvalue weighted by Gasteiger charge is -2.18. The lowest BCUT2D eigenvalue weighted by Crippen LogP contribution is -2.33. The molecule has 0 heterocycles. The molecule has 7 heteroatoms. The normalized spacial score (nSPS) is 11.4. The van der Waals surface area contributed by atoms with Gasteiger partial charge in [-0.3, -0.25) is 9.59 Å². The number of carboxylic acid groups (broad SMARTS) is 1. The van der Waals surface area contributed by atoms with Crippen LogP contribution in [0.3, 0.4) is 0 Å². The molecule has 3 amide bonds. The zero-order valence-corrected chi connectivity index (χ0v) is 13.7. The Bertz CT molecular complexity index is 790. The molecule has 0 saturated heterocycles. The number of aryl methyl sites for hydroxylation is 1. The number of hydrogen-bond donors (Lipinski definition) is 4. The number of primary amides is 1. The minimum Gasteiger partial charge on any atom is -0.465 e. The van der Waals surface area contributed by atoms with Crippen molar-refractivity contribution in [2.75, 3.05) is 11.9 Å². The molecule has 0 aromatic heterocycles. The number of anilines is 1. The number of nitrogens with one attached hydrogen (secondary N) is 2. The van der Waals surface area contributed by atoms with Gasteiger partial charge in [0.25, 0.3) is 5.91 Å². The highest BCUT2D eigenvalue weighted by atomic mass is 16.4. The Morgan fingerprint density at radius 3 is 2.40 bits per heavy atom. The Morgan fingerprint density at radius 2 is 1.80 bits per heavy atom. The van der Waals surface area contributed by atoms with E-state index in [-0.39, 0.29) is 12.1 Å². The van der Waals surface area contributed by atoms with Crippen molar-refractivity contribution in [3.63, 3.8) is 0 Å². The molecule has 0 aliphatic carbocycles. The van der Waals surface area contributed by atoms with E-state index in [1.165, 1.54) is 0 Å². The van der Waals surface area contributed by atoms with Crippen LogP contribution in [0.25, 0.3) is 0 Å². The third kappa shape index (κ3) is 4.81. The smallest absolute Gasteiger partial charge is 0.404 e. The molecule has 0 aliphatic heterocycles. The monoisotopic (exact) mass is 341 g/mol. The van der Waals surface area contributed by atoms with Gasteiger partial charge < -0.3 is 21.5 Å². The van der Waals surface area contributed by atoms with Gasteiger partial charge in [0.05, 0.1) is 17.2 Å². The molecule has 2 aromatic rings. The first kappa shape index (κ1) is 18.0. The number of carbonyl (C=O) groups excluding carboxylic acids is 2. The van der Waals surface area contributed by atoms with Crippen LogP contribution in [0.2, 0.25) is 0 Å². The lowest BCUT2D eigenvalue weighted by molar-refractivity contribution is -0.117. The Balaban J connectivity index is 2.28. The third-order valence-electron chi connectivity index (χ3n) is 3.67. The fraction of sp³-hybridized carbons (Fsp3) is 0.167. The summed E-state index contributed by atoms with van der Waals surface area (Å²) in [6.07, 6.45) is -1.22. The van der Waals surface area contributed by atoms with Gasteiger partial charge in [0.2, 0.25) is 5.91 Å². The van der Waals surface area contributed by atoms with Gasteiger partial charge in [-0.15, -0.1) is 0 Å². The highest BCUT2D eigenvalue weighted by Crippen LogP contribution is 2.21. The molecule has 1 unspecified atom stereocenters. The van der Waals surface area contributed by atoms with Crippen molar-refractivity contribution < 1.29 is 19.5 Å². The van der Waals surface area contributed by atoms with Crippen molar-refractivity contribution in [2.24, 2.45) is 5.73 Å². The second kappa shape index (κ2) is 7.96. The topological polar surface area (TPSA) is 122 Å². The molecule has 130 valence electrons. The number of rotatable bonds is 6. The second-order valence-electron chi connectivity index (χ2n) is 5.55. The standard InChI is InChI=1S/C18H19N3O4/c1-11-7-8-15(13(9-11)16(19)22)21-17(23)14(10-20-18(24)25)12-5-3-2-4-6-12/h2-9,14,20H,10H2,1H3,(H2,19,22)(H,21,23)(H,24,25). The van der Waals surface area contributed by atoms with Crippen LogP contribution < -0.4 is 16.4 Å². The lowest BCUT2D eigenvalue weighted by atomic mass is 9.97. The van der Waals surface area contributed by atoms with Crippen molar-refractivity contribution >= 4 is 23.6 Å². The summed E-state index contributed by atoms with van der Waals surface area (Å²) in [6.45, 7) is 1.71. The van der Waals surface area contributed by atoms with Crippen molar-refractivity contribution in [2.45, 2.75) is 12.8 Å². The minimum absolute atomic E-state index is 0.0943. The molecular weight excluding hydrogens is 322 g/mol. The highest BCUT2D eigenvalue weighted by Gasteiger charge is 2.22. The first-order chi connectivity index (χ1) is 11.9. The molecule has 1 atom stereocenters. The van der Waals surface area contributed by atoms with Gasteiger partial charge >= 0.3 is 6.09 Å². The quantitative estimate of drug-likeness (QED) is 0.642. The van der Waals surface area contributed by atoms with E-state index in [2.05, 4.69) is 10.6 Å². The van der Waals surface area contributed by atoms with E-state index in [1.807, 2.05) is 6.92 Å². The van der Waals surface area contributed by atoms with E-state index >= 15 is 0 Å². The van der Waals surface area contributed by atoms with E-state index in [0.717, 1.165) is 5.56 Å². The number of amides is 3. The molecular formula is C18H19N3O4. The molecule has 0 aliphatic rings.